The molecule has 0 saturated carbocycles. The molecule has 0 radical (unpaired) electrons. The predicted octanol–water partition coefficient (Wildman–Crippen LogP) is 3.95. The molecular weight excluding hydrogens is 342 g/mol. The van der Waals surface area contributed by atoms with Gasteiger partial charge in [0.2, 0.25) is 5.91 Å². The fourth-order valence-electron chi connectivity index (χ4n) is 2.78. The van der Waals surface area contributed by atoms with E-state index in [9.17, 15) is 9.59 Å². The van der Waals surface area contributed by atoms with Crippen molar-refractivity contribution in [3.05, 3.63) is 66.2 Å². The SMILES string of the molecule is CCOC(=O)c1c(NC(C)=O)nnc(-c2ccccc2)c1-c1ccccc1. The number of nitrogens with zero attached hydrogens (tertiary/aromatic N) is 2. The minimum absolute atomic E-state index is 0.0829. The molecule has 6 nitrogen and oxygen atoms in total. The number of carbonyl (C=O) groups is 2. The van der Waals surface area contributed by atoms with Crippen molar-refractivity contribution in [2.24, 2.45) is 0 Å². The van der Waals surface area contributed by atoms with Gasteiger partial charge in [0.1, 0.15) is 11.3 Å². The van der Waals surface area contributed by atoms with Gasteiger partial charge in [0.05, 0.1) is 6.61 Å². The summed E-state index contributed by atoms with van der Waals surface area (Å²) in [6, 6.07) is 18.8. The summed E-state index contributed by atoms with van der Waals surface area (Å²) in [5, 5.41) is 11.0. The molecule has 1 amide bonds. The van der Waals surface area contributed by atoms with Gasteiger partial charge in [-0.3, -0.25) is 4.79 Å². The molecule has 2 aromatic carbocycles. The van der Waals surface area contributed by atoms with Crippen LogP contribution in [0.5, 0.6) is 0 Å². The van der Waals surface area contributed by atoms with Crippen LogP contribution >= 0.6 is 0 Å². The normalized spacial score (nSPS) is 10.3. The van der Waals surface area contributed by atoms with E-state index in [4.69, 9.17) is 4.74 Å². The Kier molecular flexibility index (Phi) is 5.56. The number of benzene rings is 2. The molecule has 0 atom stereocenters. The van der Waals surface area contributed by atoms with Crippen LogP contribution in [-0.4, -0.2) is 28.7 Å². The van der Waals surface area contributed by atoms with Gasteiger partial charge >= 0.3 is 5.97 Å². The van der Waals surface area contributed by atoms with Gasteiger partial charge in [-0.2, -0.15) is 0 Å². The molecule has 0 unspecified atom stereocenters. The van der Waals surface area contributed by atoms with Gasteiger partial charge in [-0.25, -0.2) is 4.79 Å². The number of amides is 1. The van der Waals surface area contributed by atoms with Crippen molar-refractivity contribution in [1.29, 1.82) is 0 Å². The molecule has 0 spiro atoms. The number of hydrogen-bond donors (Lipinski definition) is 1. The molecule has 3 aromatic rings. The Bertz CT molecular complexity index is 957. The summed E-state index contributed by atoms with van der Waals surface area (Å²) in [4.78, 5) is 24.4. The second kappa shape index (κ2) is 8.23. The van der Waals surface area contributed by atoms with E-state index in [0.29, 0.717) is 11.3 Å². The zero-order valence-electron chi connectivity index (χ0n) is 15.1. The Balaban J connectivity index is 2.34. The molecule has 0 aliphatic rings. The second-order valence-electron chi connectivity index (χ2n) is 5.78. The molecule has 0 fully saturated rings. The fourth-order valence-corrected chi connectivity index (χ4v) is 2.78. The molecule has 0 aliphatic heterocycles. The first kappa shape index (κ1) is 18.3. The second-order valence-corrected chi connectivity index (χ2v) is 5.78. The van der Waals surface area contributed by atoms with Gasteiger partial charge in [0, 0.05) is 18.1 Å². The van der Waals surface area contributed by atoms with E-state index in [1.807, 2.05) is 60.7 Å². The van der Waals surface area contributed by atoms with Crippen LogP contribution in [0.1, 0.15) is 24.2 Å². The lowest BCUT2D eigenvalue weighted by Gasteiger charge is -2.16. The Morgan fingerprint density at radius 3 is 2.07 bits per heavy atom. The molecule has 0 saturated heterocycles. The van der Waals surface area contributed by atoms with Gasteiger partial charge in [0.15, 0.2) is 5.82 Å². The van der Waals surface area contributed by atoms with Gasteiger partial charge < -0.3 is 10.1 Å². The quantitative estimate of drug-likeness (QED) is 0.696. The third-order valence-corrected chi connectivity index (χ3v) is 3.86. The molecule has 1 aromatic heterocycles. The first-order chi connectivity index (χ1) is 13.1. The number of rotatable bonds is 5. The largest absolute Gasteiger partial charge is 0.462 e. The van der Waals surface area contributed by atoms with Crippen molar-refractivity contribution in [3.8, 4) is 22.4 Å². The van der Waals surface area contributed by atoms with E-state index in [0.717, 1.165) is 11.1 Å². The van der Waals surface area contributed by atoms with E-state index in [-0.39, 0.29) is 23.9 Å². The first-order valence-electron chi connectivity index (χ1n) is 8.58. The molecule has 0 bridgehead atoms. The Morgan fingerprint density at radius 1 is 0.926 bits per heavy atom. The average molecular weight is 361 g/mol. The summed E-state index contributed by atoms with van der Waals surface area (Å²) in [6.07, 6.45) is 0. The first-order valence-corrected chi connectivity index (χ1v) is 8.58. The van der Waals surface area contributed by atoms with Gasteiger partial charge in [-0.15, -0.1) is 10.2 Å². The Morgan fingerprint density at radius 2 is 1.52 bits per heavy atom. The number of ether oxygens (including phenoxy) is 1. The lowest BCUT2D eigenvalue weighted by atomic mass is 9.95. The van der Waals surface area contributed by atoms with Crippen LogP contribution in [0.15, 0.2) is 60.7 Å². The van der Waals surface area contributed by atoms with E-state index in [1.165, 1.54) is 6.92 Å². The van der Waals surface area contributed by atoms with Crippen molar-refractivity contribution in [2.75, 3.05) is 11.9 Å². The highest BCUT2D eigenvalue weighted by Gasteiger charge is 2.26. The maximum Gasteiger partial charge on any atom is 0.342 e. The van der Waals surface area contributed by atoms with Crippen LogP contribution in [-0.2, 0) is 9.53 Å². The summed E-state index contributed by atoms with van der Waals surface area (Å²) in [6.45, 7) is 3.28. The highest BCUT2D eigenvalue weighted by Crippen LogP contribution is 2.36. The van der Waals surface area contributed by atoms with Gasteiger partial charge in [0.25, 0.3) is 0 Å². The maximum absolute atomic E-state index is 12.8. The zero-order valence-corrected chi connectivity index (χ0v) is 15.1. The molecule has 136 valence electrons. The third kappa shape index (κ3) is 4.00. The third-order valence-electron chi connectivity index (χ3n) is 3.86. The number of nitrogens with one attached hydrogen (secondary N) is 1. The molecule has 3 rings (SSSR count). The van der Waals surface area contributed by atoms with Crippen LogP contribution in [0.3, 0.4) is 0 Å². The summed E-state index contributed by atoms with van der Waals surface area (Å²) < 4.78 is 5.25. The van der Waals surface area contributed by atoms with Crippen LogP contribution in [0.4, 0.5) is 5.82 Å². The molecule has 1 N–H and O–H groups in total. The smallest absolute Gasteiger partial charge is 0.342 e. The minimum atomic E-state index is -0.563. The number of anilines is 1. The fraction of sp³-hybridized carbons (Fsp3) is 0.143. The summed E-state index contributed by atoms with van der Waals surface area (Å²) in [5.74, 6) is -0.826. The maximum atomic E-state index is 12.8. The predicted molar refractivity (Wildman–Crippen MR) is 103 cm³/mol. The topological polar surface area (TPSA) is 81.2 Å². The van der Waals surface area contributed by atoms with Crippen molar-refractivity contribution >= 4 is 17.7 Å². The molecule has 0 aliphatic carbocycles. The lowest BCUT2D eigenvalue weighted by molar-refractivity contribution is -0.114. The molecule has 6 heteroatoms. The average Bonchev–Trinajstić information content (AvgIpc) is 2.68. The standard InChI is InChI=1S/C21H19N3O3/c1-3-27-21(26)18-17(15-10-6-4-7-11-15)19(16-12-8-5-9-13-16)23-24-20(18)22-14(2)25/h4-13H,3H2,1-2H3,(H,22,24,25). The Hall–Kier alpha value is -3.54. The van der Waals surface area contributed by atoms with Crippen molar-refractivity contribution in [2.45, 2.75) is 13.8 Å². The summed E-state index contributed by atoms with van der Waals surface area (Å²) >= 11 is 0. The van der Waals surface area contributed by atoms with E-state index in [2.05, 4.69) is 15.5 Å². The zero-order chi connectivity index (χ0) is 19.2. The summed E-state index contributed by atoms with van der Waals surface area (Å²) in [5.41, 5.74) is 2.88. The van der Waals surface area contributed by atoms with E-state index >= 15 is 0 Å². The van der Waals surface area contributed by atoms with Crippen molar-refractivity contribution in [1.82, 2.24) is 10.2 Å². The molecular formula is C21H19N3O3. The van der Waals surface area contributed by atoms with Crippen molar-refractivity contribution < 1.29 is 14.3 Å². The number of hydrogen-bond acceptors (Lipinski definition) is 5. The van der Waals surface area contributed by atoms with Crippen LogP contribution in [0.25, 0.3) is 22.4 Å². The monoisotopic (exact) mass is 361 g/mol. The van der Waals surface area contributed by atoms with Gasteiger partial charge in [-0.05, 0) is 12.5 Å². The highest BCUT2D eigenvalue weighted by atomic mass is 16.5. The molecule has 27 heavy (non-hydrogen) atoms. The summed E-state index contributed by atoms with van der Waals surface area (Å²) in [7, 11) is 0. The number of esters is 1. The van der Waals surface area contributed by atoms with Crippen LogP contribution in [0.2, 0.25) is 0 Å². The van der Waals surface area contributed by atoms with E-state index < -0.39 is 5.97 Å². The van der Waals surface area contributed by atoms with Crippen LogP contribution in [0, 0.1) is 0 Å². The van der Waals surface area contributed by atoms with Crippen LogP contribution < -0.4 is 5.32 Å². The Labute approximate surface area is 157 Å². The van der Waals surface area contributed by atoms with E-state index in [1.54, 1.807) is 6.92 Å². The lowest BCUT2D eigenvalue weighted by Crippen LogP contribution is -2.17. The van der Waals surface area contributed by atoms with Crippen molar-refractivity contribution in [3.63, 3.8) is 0 Å². The molecule has 1 heterocycles. The number of aromatic nitrogens is 2. The highest BCUT2D eigenvalue weighted by molar-refractivity contribution is 6.07. The number of carbonyl (C=O) groups excluding carboxylic acids is 2. The van der Waals surface area contributed by atoms with Gasteiger partial charge in [-0.1, -0.05) is 60.7 Å². The minimum Gasteiger partial charge on any atom is -0.462 e.